The Bertz CT molecular complexity index is 991. The monoisotopic (exact) mass is 364 g/mol. The van der Waals surface area contributed by atoms with Gasteiger partial charge in [-0.25, -0.2) is 13.6 Å². The second-order valence-electron chi connectivity index (χ2n) is 5.64. The van der Waals surface area contributed by atoms with Crippen LogP contribution >= 0.6 is 0 Å². The molecule has 3 rings (SSSR count). The molecular weight excluding hydrogens is 350 g/mol. The van der Waals surface area contributed by atoms with Gasteiger partial charge in [-0.3, -0.25) is 4.79 Å². The fraction of sp³-hybridized carbons (Fsp3) is 0. The Morgan fingerprint density at radius 1 is 0.778 bits per heavy atom. The zero-order valence-corrected chi connectivity index (χ0v) is 14.1. The predicted molar refractivity (Wildman–Crippen MR) is 97.6 cm³/mol. The first-order chi connectivity index (χ1) is 13.0. The van der Waals surface area contributed by atoms with Crippen molar-refractivity contribution in [3.05, 3.63) is 107 Å². The van der Waals surface area contributed by atoms with Crippen molar-refractivity contribution in [2.45, 2.75) is 0 Å². The smallest absolute Gasteiger partial charge is 0.343 e. The van der Waals surface area contributed by atoms with E-state index in [1.165, 1.54) is 66.7 Å². The van der Waals surface area contributed by atoms with Crippen LogP contribution in [-0.2, 0) is 0 Å². The van der Waals surface area contributed by atoms with E-state index in [0.29, 0.717) is 11.1 Å². The van der Waals surface area contributed by atoms with Crippen LogP contribution in [0.1, 0.15) is 26.3 Å². The zero-order chi connectivity index (χ0) is 19.2. The lowest BCUT2D eigenvalue weighted by atomic mass is 10.1. The Balaban J connectivity index is 1.66. The van der Waals surface area contributed by atoms with Gasteiger partial charge in [0.2, 0.25) is 0 Å². The summed E-state index contributed by atoms with van der Waals surface area (Å²) in [5.41, 5.74) is 0.893. The van der Waals surface area contributed by atoms with Crippen molar-refractivity contribution in [1.82, 2.24) is 0 Å². The first-order valence-corrected chi connectivity index (χ1v) is 8.08. The van der Waals surface area contributed by atoms with Crippen LogP contribution in [0.2, 0.25) is 0 Å². The van der Waals surface area contributed by atoms with E-state index < -0.39 is 17.6 Å². The maximum Gasteiger partial charge on any atom is 0.343 e. The summed E-state index contributed by atoms with van der Waals surface area (Å²) in [6, 6.07) is 17.1. The van der Waals surface area contributed by atoms with Crippen molar-refractivity contribution in [2.75, 3.05) is 0 Å². The number of ether oxygens (including phenoxy) is 1. The number of carbonyl (C=O) groups is 2. The first-order valence-electron chi connectivity index (χ1n) is 8.08. The number of hydrogen-bond acceptors (Lipinski definition) is 3. The number of carbonyl (C=O) groups excluding carboxylic acids is 2. The SMILES string of the molecule is O=C(C=Cc1ccccc1F)c1ccc(OC(=O)c2ccc(F)cc2)cc1. The third-order valence-electron chi connectivity index (χ3n) is 3.75. The molecular formula is C22H14F2O3. The van der Waals surface area contributed by atoms with Crippen LogP contribution in [0, 0.1) is 11.6 Å². The van der Waals surface area contributed by atoms with Gasteiger partial charge in [0.05, 0.1) is 5.56 Å². The Labute approximate surface area is 154 Å². The van der Waals surface area contributed by atoms with Gasteiger partial charge in [-0.1, -0.05) is 18.2 Å². The summed E-state index contributed by atoms with van der Waals surface area (Å²) in [5.74, 6) is -1.55. The minimum Gasteiger partial charge on any atom is -0.423 e. The largest absolute Gasteiger partial charge is 0.423 e. The minimum atomic E-state index is -0.631. The molecule has 0 aliphatic carbocycles. The second kappa shape index (κ2) is 8.19. The van der Waals surface area contributed by atoms with Gasteiger partial charge < -0.3 is 4.74 Å². The Morgan fingerprint density at radius 2 is 1.41 bits per heavy atom. The predicted octanol–water partition coefficient (Wildman–Crippen LogP) is 5.08. The first kappa shape index (κ1) is 18.2. The van der Waals surface area contributed by atoms with Gasteiger partial charge in [-0.15, -0.1) is 0 Å². The summed E-state index contributed by atoms with van der Waals surface area (Å²) >= 11 is 0. The van der Waals surface area contributed by atoms with Crippen molar-refractivity contribution in [2.24, 2.45) is 0 Å². The highest BCUT2D eigenvalue weighted by Gasteiger charge is 2.09. The van der Waals surface area contributed by atoms with E-state index in [1.807, 2.05) is 0 Å². The van der Waals surface area contributed by atoms with Crippen molar-refractivity contribution in [3.63, 3.8) is 0 Å². The van der Waals surface area contributed by atoms with Gasteiger partial charge in [-0.2, -0.15) is 0 Å². The van der Waals surface area contributed by atoms with Crippen molar-refractivity contribution < 1.29 is 23.1 Å². The number of halogens is 2. The molecule has 0 unspecified atom stereocenters. The third-order valence-corrected chi connectivity index (χ3v) is 3.75. The normalized spacial score (nSPS) is 10.7. The van der Waals surface area contributed by atoms with E-state index in [0.717, 1.165) is 0 Å². The molecule has 27 heavy (non-hydrogen) atoms. The fourth-order valence-corrected chi connectivity index (χ4v) is 2.31. The molecule has 3 nitrogen and oxygen atoms in total. The molecule has 0 aliphatic rings. The van der Waals surface area contributed by atoms with E-state index in [2.05, 4.69) is 0 Å². The van der Waals surface area contributed by atoms with Crippen molar-refractivity contribution >= 4 is 17.8 Å². The van der Waals surface area contributed by atoms with Crippen LogP contribution in [0.5, 0.6) is 5.75 Å². The number of esters is 1. The fourth-order valence-electron chi connectivity index (χ4n) is 2.31. The van der Waals surface area contributed by atoms with E-state index in [9.17, 15) is 18.4 Å². The summed E-state index contributed by atoms with van der Waals surface area (Å²) in [7, 11) is 0. The zero-order valence-electron chi connectivity index (χ0n) is 14.1. The molecule has 0 spiro atoms. The molecule has 0 aromatic heterocycles. The maximum absolute atomic E-state index is 13.5. The molecule has 0 aliphatic heterocycles. The average molecular weight is 364 g/mol. The molecule has 0 radical (unpaired) electrons. The van der Waals surface area contributed by atoms with Crippen LogP contribution in [0.15, 0.2) is 78.9 Å². The topological polar surface area (TPSA) is 43.4 Å². The Kier molecular flexibility index (Phi) is 5.52. The van der Waals surface area contributed by atoms with E-state index in [1.54, 1.807) is 18.2 Å². The quantitative estimate of drug-likeness (QED) is 0.274. The van der Waals surface area contributed by atoms with Crippen LogP contribution in [0.3, 0.4) is 0 Å². The third kappa shape index (κ3) is 4.73. The average Bonchev–Trinajstić information content (AvgIpc) is 2.68. The van der Waals surface area contributed by atoms with Gasteiger partial charge in [0, 0.05) is 11.1 Å². The lowest BCUT2D eigenvalue weighted by Crippen LogP contribution is -2.08. The molecule has 0 heterocycles. The van der Waals surface area contributed by atoms with Gasteiger partial charge >= 0.3 is 5.97 Å². The summed E-state index contributed by atoms with van der Waals surface area (Å²) in [6.07, 6.45) is 2.68. The lowest BCUT2D eigenvalue weighted by molar-refractivity contribution is 0.0734. The molecule has 0 fully saturated rings. The van der Waals surface area contributed by atoms with E-state index in [4.69, 9.17) is 4.74 Å². The number of benzene rings is 3. The van der Waals surface area contributed by atoms with E-state index >= 15 is 0 Å². The molecule has 3 aromatic rings. The standard InChI is InChI=1S/C22H14F2O3/c23-18-10-5-17(6-11-18)22(26)27-19-12-7-16(8-13-19)21(25)14-9-15-3-1-2-4-20(15)24/h1-14H. The van der Waals surface area contributed by atoms with Gasteiger partial charge in [0.1, 0.15) is 17.4 Å². The Morgan fingerprint density at radius 3 is 2.07 bits per heavy atom. The summed E-state index contributed by atoms with van der Waals surface area (Å²) in [5, 5.41) is 0. The number of allylic oxidation sites excluding steroid dienone is 1. The summed E-state index contributed by atoms with van der Waals surface area (Å²) in [6.45, 7) is 0. The van der Waals surface area contributed by atoms with Crippen molar-refractivity contribution in [1.29, 1.82) is 0 Å². The maximum atomic E-state index is 13.5. The van der Waals surface area contributed by atoms with Gasteiger partial charge in [0.15, 0.2) is 5.78 Å². The molecule has 0 N–H and O–H groups in total. The molecule has 0 bridgehead atoms. The lowest BCUT2D eigenvalue weighted by Gasteiger charge is -2.05. The van der Waals surface area contributed by atoms with Crippen LogP contribution in [0.25, 0.3) is 6.08 Å². The highest BCUT2D eigenvalue weighted by Crippen LogP contribution is 2.16. The molecule has 5 heteroatoms. The highest BCUT2D eigenvalue weighted by molar-refractivity contribution is 6.06. The minimum absolute atomic E-state index is 0.212. The molecule has 0 saturated heterocycles. The van der Waals surface area contributed by atoms with Crippen LogP contribution in [0.4, 0.5) is 8.78 Å². The summed E-state index contributed by atoms with van der Waals surface area (Å²) < 4.78 is 31.6. The van der Waals surface area contributed by atoms with Crippen LogP contribution in [-0.4, -0.2) is 11.8 Å². The van der Waals surface area contributed by atoms with Crippen molar-refractivity contribution in [3.8, 4) is 5.75 Å². The molecule has 3 aromatic carbocycles. The molecule has 0 amide bonds. The number of rotatable bonds is 5. The Hall–Kier alpha value is -3.60. The van der Waals surface area contributed by atoms with Gasteiger partial charge in [0.25, 0.3) is 0 Å². The van der Waals surface area contributed by atoms with Crippen LogP contribution < -0.4 is 4.74 Å². The molecule has 0 atom stereocenters. The number of hydrogen-bond donors (Lipinski definition) is 0. The van der Waals surface area contributed by atoms with Gasteiger partial charge in [-0.05, 0) is 66.7 Å². The second-order valence-corrected chi connectivity index (χ2v) is 5.64. The molecule has 134 valence electrons. The van der Waals surface area contributed by atoms with E-state index in [-0.39, 0.29) is 17.1 Å². The summed E-state index contributed by atoms with van der Waals surface area (Å²) in [4.78, 5) is 24.1. The molecule has 0 saturated carbocycles. The number of ketones is 1. The highest BCUT2D eigenvalue weighted by atomic mass is 19.1.